The summed E-state index contributed by atoms with van der Waals surface area (Å²) in [5.41, 5.74) is 2.88. The van der Waals surface area contributed by atoms with Gasteiger partial charge in [0.05, 0.1) is 32.2 Å². The molecule has 0 saturated carbocycles. The first-order valence-electron chi connectivity index (χ1n) is 12.8. The molecule has 9 heteroatoms. The maximum absolute atomic E-state index is 12.6. The van der Waals surface area contributed by atoms with E-state index < -0.39 is 29.4 Å². The van der Waals surface area contributed by atoms with E-state index in [-0.39, 0.29) is 19.5 Å². The van der Waals surface area contributed by atoms with Crippen LogP contribution in [-0.2, 0) is 31.1 Å². The maximum Gasteiger partial charge on any atom is 0.328 e. The summed E-state index contributed by atoms with van der Waals surface area (Å²) in [5.74, 6) is -2.17. The van der Waals surface area contributed by atoms with E-state index in [0.29, 0.717) is 5.69 Å². The third-order valence-corrected chi connectivity index (χ3v) is 6.65. The Balaban J connectivity index is 1.72. The minimum absolute atomic E-state index is 0.0858. The highest BCUT2D eigenvalue weighted by Gasteiger charge is 2.38. The van der Waals surface area contributed by atoms with Gasteiger partial charge in [-0.2, -0.15) is 0 Å². The lowest BCUT2D eigenvalue weighted by atomic mass is 9.77. The molecule has 206 valence electrons. The van der Waals surface area contributed by atoms with Gasteiger partial charge in [-0.05, 0) is 23.7 Å². The zero-order chi connectivity index (χ0) is 28.5. The Hall–Kier alpha value is -4.76. The third-order valence-electron chi connectivity index (χ3n) is 6.65. The predicted octanol–water partition coefficient (Wildman–Crippen LogP) is 2.94. The van der Waals surface area contributed by atoms with E-state index in [2.05, 4.69) is 46.7 Å². The van der Waals surface area contributed by atoms with Crippen LogP contribution in [0.1, 0.15) is 22.4 Å². The minimum Gasteiger partial charge on any atom is -0.480 e. The Labute approximate surface area is 233 Å². The lowest BCUT2D eigenvalue weighted by Gasteiger charge is -2.37. The van der Waals surface area contributed by atoms with E-state index in [9.17, 15) is 14.4 Å². The fourth-order valence-corrected chi connectivity index (χ4v) is 4.95. The normalized spacial score (nSPS) is 12.1. The largest absolute Gasteiger partial charge is 0.480 e. The number of amides is 1. The van der Waals surface area contributed by atoms with Gasteiger partial charge in [-0.1, -0.05) is 91.0 Å². The summed E-state index contributed by atoms with van der Waals surface area (Å²) < 4.78 is 6.97. The first-order chi connectivity index (χ1) is 19.3. The average molecular weight is 541 g/mol. The number of nitrogens with zero attached hydrogens (tertiary/aromatic N) is 3. The molecule has 0 radical (unpaired) electrons. The molecular formula is C31H32N4O5. The molecule has 0 aliphatic carbocycles. The van der Waals surface area contributed by atoms with E-state index in [1.807, 2.05) is 65.4 Å². The van der Waals surface area contributed by atoms with Crippen LogP contribution >= 0.6 is 0 Å². The third kappa shape index (κ3) is 6.27. The van der Waals surface area contributed by atoms with E-state index in [1.165, 1.54) is 19.1 Å². The average Bonchev–Trinajstić information content (AvgIpc) is 3.42. The second-order valence-corrected chi connectivity index (χ2v) is 9.49. The number of rotatable bonds is 12. The fraction of sp³-hybridized carbons (Fsp3) is 0.226. The number of hydrogen-bond acceptors (Lipinski definition) is 6. The molecule has 0 saturated heterocycles. The minimum atomic E-state index is -1.05. The standard InChI is InChI=1S/C31H32N4O5/c1-34(21-29(37)38)20-28(36)33-27(30(39)40-2)18-26-19-35(22-32-26)31(23-12-6-3-7-13-23,24-14-8-4-9-15-24)25-16-10-5-11-17-25/h3-17,19,22,27H,18,20-21H2,1-2H3,(H,33,36)(H,37,38). The van der Waals surface area contributed by atoms with Crippen LogP contribution in [0.2, 0.25) is 0 Å². The summed E-state index contributed by atoms with van der Waals surface area (Å²) in [5, 5.41) is 11.6. The van der Waals surface area contributed by atoms with Crippen molar-refractivity contribution in [1.29, 1.82) is 0 Å². The SMILES string of the molecule is COC(=O)C(Cc1cn(C(c2ccccc2)(c2ccccc2)c2ccccc2)cn1)NC(=O)CN(C)CC(=O)O. The van der Waals surface area contributed by atoms with Gasteiger partial charge in [0.15, 0.2) is 0 Å². The van der Waals surface area contributed by atoms with Crippen molar-refractivity contribution in [3.05, 3.63) is 126 Å². The van der Waals surface area contributed by atoms with Crippen LogP contribution in [0.3, 0.4) is 0 Å². The molecule has 0 spiro atoms. The monoisotopic (exact) mass is 540 g/mol. The molecule has 40 heavy (non-hydrogen) atoms. The van der Waals surface area contributed by atoms with E-state index in [1.54, 1.807) is 6.33 Å². The molecule has 0 aliphatic rings. The topological polar surface area (TPSA) is 114 Å². The lowest BCUT2D eigenvalue weighted by molar-refractivity contribution is -0.145. The van der Waals surface area contributed by atoms with Crippen molar-refractivity contribution in [1.82, 2.24) is 19.8 Å². The Kier molecular flexibility index (Phi) is 9.08. The highest BCUT2D eigenvalue weighted by atomic mass is 16.5. The summed E-state index contributed by atoms with van der Waals surface area (Å²) in [4.78, 5) is 42.1. The highest BCUT2D eigenvalue weighted by Crippen LogP contribution is 2.40. The van der Waals surface area contributed by atoms with Crippen LogP contribution in [0.5, 0.6) is 0 Å². The Morgan fingerprint density at radius 2 is 1.40 bits per heavy atom. The molecule has 3 aromatic carbocycles. The molecular weight excluding hydrogens is 508 g/mol. The number of methoxy groups -OCH3 is 1. The number of esters is 1. The number of benzene rings is 3. The number of carbonyl (C=O) groups excluding carboxylic acids is 2. The number of hydrogen-bond donors (Lipinski definition) is 2. The molecule has 4 aromatic rings. The number of carbonyl (C=O) groups is 3. The van der Waals surface area contributed by atoms with Gasteiger partial charge in [-0.3, -0.25) is 14.5 Å². The van der Waals surface area contributed by atoms with Crippen LogP contribution in [0.15, 0.2) is 104 Å². The molecule has 1 unspecified atom stereocenters. The van der Waals surface area contributed by atoms with Crippen molar-refractivity contribution in [2.45, 2.75) is 18.0 Å². The van der Waals surface area contributed by atoms with Crippen molar-refractivity contribution in [2.75, 3.05) is 27.2 Å². The molecule has 1 atom stereocenters. The summed E-state index contributed by atoms with van der Waals surface area (Å²) in [6.07, 6.45) is 3.70. The summed E-state index contributed by atoms with van der Waals surface area (Å²) >= 11 is 0. The number of nitrogens with one attached hydrogen (secondary N) is 1. The maximum atomic E-state index is 12.6. The molecule has 1 amide bonds. The second-order valence-electron chi connectivity index (χ2n) is 9.49. The Morgan fingerprint density at radius 3 is 1.85 bits per heavy atom. The van der Waals surface area contributed by atoms with Gasteiger partial charge in [-0.15, -0.1) is 0 Å². The fourth-order valence-electron chi connectivity index (χ4n) is 4.95. The van der Waals surface area contributed by atoms with Crippen molar-refractivity contribution in [2.24, 2.45) is 0 Å². The van der Waals surface area contributed by atoms with Crippen LogP contribution in [-0.4, -0.2) is 70.7 Å². The Morgan fingerprint density at radius 1 is 0.900 bits per heavy atom. The van der Waals surface area contributed by atoms with Crippen molar-refractivity contribution >= 4 is 17.8 Å². The first-order valence-corrected chi connectivity index (χ1v) is 12.8. The zero-order valence-corrected chi connectivity index (χ0v) is 22.4. The number of imidazole rings is 1. The van der Waals surface area contributed by atoms with E-state index in [0.717, 1.165) is 16.7 Å². The lowest BCUT2D eigenvalue weighted by Crippen LogP contribution is -2.47. The highest BCUT2D eigenvalue weighted by molar-refractivity contribution is 5.86. The number of ether oxygens (including phenoxy) is 1. The molecule has 0 aliphatic heterocycles. The van der Waals surface area contributed by atoms with E-state index >= 15 is 0 Å². The molecule has 1 aromatic heterocycles. The molecule has 9 nitrogen and oxygen atoms in total. The van der Waals surface area contributed by atoms with E-state index in [4.69, 9.17) is 9.84 Å². The number of carboxylic acids is 1. The van der Waals surface area contributed by atoms with Crippen LogP contribution < -0.4 is 5.32 Å². The molecule has 4 rings (SSSR count). The van der Waals surface area contributed by atoms with Gasteiger partial charge in [0.2, 0.25) is 5.91 Å². The van der Waals surface area contributed by atoms with Gasteiger partial charge in [0.25, 0.3) is 0 Å². The quantitative estimate of drug-likeness (QED) is 0.210. The van der Waals surface area contributed by atoms with Crippen LogP contribution in [0.25, 0.3) is 0 Å². The molecule has 0 fully saturated rings. The van der Waals surface area contributed by atoms with Crippen LogP contribution in [0.4, 0.5) is 0 Å². The van der Waals surface area contributed by atoms with Gasteiger partial charge in [0, 0.05) is 12.6 Å². The number of carboxylic acid groups (broad SMARTS) is 1. The molecule has 2 N–H and O–H groups in total. The number of aliphatic carboxylic acids is 1. The van der Waals surface area contributed by atoms with Crippen molar-refractivity contribution < 1.29 is 24.2 Å². The predicted molar refractivity (Wildman–Crippen MR) is 150 cm³/mol. The smallest absolute Gasteiger partial charge is 0.328 e. The molecule has 0 bridgehead atoms. The van der Waals surface area contributed by atoms with Crippen molar-refractivity contribution in [3.63, 3.8) is 0 Å². The Bertz CT molecular complexity index is 1330. The zero-order valence-electron chi connectivity index (χ0n) is 22.4. The summed E-state index contributed by atoms with van der Waals surface area (Å²) in [7, 11) is 2.76. The van der Waals surface area contributed by atoms with Gasteiger partial charge >= 0.3 is 11.9 Å². The van der Waals surface area contributed by atoms with Crippen molar-refractivity contribution in [3.8, 4) is 0 Å². The number of aromatic nitrogens is 2. The van der Waals surface area contributed by atoms with Gasteiger partial charge < -0.3 is 19.7 Å². The first kappa shape index (κ1) is 28.3. The second kappa shape index (κ2) is 12.9. The van der Waals surface area contributed by atoms with Crippen LogP contribution in [0, 0.1) is 0 Å². The summed E-state index contributed by atoms with van der Waals surface area (Å²) in [6, 6.07) is 29.4. The van der Waals surface area contributed by atoms with Gasteiger partial charge in [-0.25, -0.2) is 9.78 Å². The van der Waals surface area contributed by atoms with Gasteiger partial charge in [0.1, 0.15) is 11.6 Å². The molecule has 1 heterocycles. The number of likely N-dealkylation sites (N-methyl/N-ethyl adjacent to an activating group) is 1. The summed E-state index contributed by atoms with van der Waals surface area (Å²) in [6.45, 7) is -0.491.